The molecular weight excluding hydrogens is 296 g/mol. The second kappa shape index (κ2) is 6.59. The van der Waals surface area contributed by atoms with Gasteiger partial charge in [0.2, 0.25) is 10.0 Å². The monoisotopic (exact) mass is 318 g/mol. The van der Waals surface area contributed by atoms with Crippen molar-refractivity contribution in [2.75, 3.05) is 6.61 Å². The van der Waals surface area contributed by atoms with Gasteiger partial charge in [-0.2, -0.15) is 0 Å². The van der Waals surface area contributed by atoms with Gasteiger partial charge in [-0.1, -0.05) is 6.92 Å². The molecule has 0 aliphatic carbocycles. The first kappa shape index (κ1) is 17.7. The zero-order valence-corrected chi connectivity index (χ0v) is 13.3. The Hall–Kier alpha value is -1.38. The Kier molecular flexibility index (Phi) is 5.54. The van der Waals surface area contributed by atoms with E-state index in [1.165, 1.54) is 10.8 Å². The molecular formula is C13H22N2O5S. The van der Waals surface area contributed by atoms with Gasteiger partial charge in [-0.3, -0.25) is 0 Å². The molecule has 3 N–H and O–H groups in total. The van der Waals surface area contributed by atoms with Gasteiger partial charge in [0, 0.05) is 24.9 Å². The van der Waals surface area contributed by atoms with Crippen molar-refractivity contribution in [2.24, 2.45) is 0 Å². The van der Waals surface area contributed by atoms with Crippen LogP contribution >= 0.6 is 0 Å². The van der Waals surface area contributed by atoms with E-state index in [-0.39, 0.29) is 23.6 Å². The molecule has 120 valence electrons. The summed E-state index contributed by atoms with van der Waals surface area (Å²) in [7, 11) is -3.84. The van der Waals surface area contributed by atoms with Crippen LogP contribution in [0.15, 0.2) is 17.2 Å². The number of aromatic nitrogens is 1. The fourth-order valence-electron chi connectivity index (χ4n) is 2.00. The highest BCUT2D eigenvalue weighted by atomic mass is 32.2. The largest absolute Gasteiger partial charge is 0.477 e. The summed E-state index contributed by atoms with van der Waals surface area (Å²) >= 11 is 0. The van der Waals surface area contributed by atoms with Gasteiger partial charge < -0.3 is 14.8 Å². The maximum atomic E-state index is 12.4. The molecule has 1 unspecified atom stereocenters. The van der Waals surface area contributed by atoms with Gasteiger partial charge in [0.15, 0.2) is 0 Å². The number of carboxylic acid groups (broad SMARTS) is 1. The lowest BCUT2D eigenvalue weighted by Crippen LogP contribution is -2.45. The third-order valence-electron chi connectivity index (χ3n) is 3.57. The lowest BCUT2D eigenvalue weighted by atomic mass is 9.97. The lowest BCUT2D eigenvalue weighted by Gasteiger charge is -2.28. The Balaban J connectivity index is 3.16. The fourth-order valence-corrected chi connectivity index (χ4v) is 3.55. The first-order valence-electron chi connectivity index (χ1n) is 6.77. The maximum absolute atomic E-state index is 12.4. The molecule has 0 fully saturated rings. The van der Waals surface area contributed by atoms with E-state index in [1.54, 1.807) is 13.8 Å². The third kappa shape index (κ3) is 4.05. The number of carboxylic acids is 1. The summed E-state index contributed by atoms with van der Waals surface area (Å²) in [4.78, 5) is 11.0. The van der Waals surface area contributed by atoms with Crippen LogP contribution in [0.25, 0.3) is 0 Å². The van der Waals surface area contributed by atoms with Crippen molar-refractivity contribution >= 4 is 16.0 Å². The number of sulfonamides is 1. The topological polar surface area (TPSA) is 109 Å². The van der Waals surface area contributed by atoms with Crippen molar-refractivity contribution in [1.82, 2.24) is 9.29 Å². The molecule has 0 radical (unpaired) electrons. The third-order valence-corrected chi connectivity index (χ3v) is 5.17. The van der Waals surface area contributed by atoms with Gasteiger partial charge >= 0.3 is 5.97 Å². The molecule has 1 rings (SSSR count). The van der Waals surface area contributed by atoms with Crippen molar-refractivity contribution in [1.29, 1.82) is 0 Å². The van der Waals surface area contributed by atoms with Crippen molar-refractivity contribution in [3.8, 4) is 0 Å². The summed E-state index contributed by atoms with van der Waals surface area (Å²) in [6.45, 7) is 5.48. The van der Waals surface area contributed by atoms with Crippen molar-refractivity contribution in [3.05, 3.63) is 18.0 Å². The van der Waals surface area contributed by atoms with Crippen LogP contribution in [0.1, 0.15) is 44.1 Å². The van der Waals surface area contributed by atoms with Crippen molar-refractivity contribution in [3.63, 3.8) is 0 Å². The summed E-state index contributed by atoms with van der Waals surface area (Å²) in [5.74, 6) is -1.17. The fraction of sp³-hybridized carbons (Fsp3) is 0.615. The molecule has 0 aliphatic heterocycles. The van der Waals surface area contributed by atoms with Gasteiger partial charge in [0.05, 0.1) is 0 Å². The van der Waals surface area contributed by atoms with Crippen LogP contribution in [0.2, 0.25) is 0 Å². The van der Waals surface area contributed by atoms with Crippen LogP contribution in [-0.2, 0) is 16.6 Å². The van der Waals surface area contributed by atoms with Crippen LogP contribution in [0.5, 0.6) is 0 Å². The van der Waals surface area contributed by atoms with E-state index in [2.05, 4.69) is 4.72 Å². The molecule has 0 aromatic carbocycles. The number of aryl methyl sites for hydroxylation is 1. The highest BCUT2D eigenvalue weighted by molar-refractivity contribution is 7.89. The minimum Gasteiger partial charge on any atom is -0.477 e. The Labute approximate surface area is 124 Å². The molecule has 0 saturated heterocycles. The molecule has 21 heavy (non-hydrogen) atoms. The molecule has 0 bridgehead atoms. The normalized spacial score (nSPS) is 14.9. The standard InChI is InChI=1S/C13H22N2O5S/c1-4-13(3,6-7-16)14-21(19,20)10-8-11(12(17)18)15(5-2)9-10/h8-9,14,16H,4-7H2,1-3H3,(H,17,18). The van der Waals surface area contributed by atoms with Gasteiger partial charge in [-0.05, 0) is 32.8 Å². The van der Waals surface area contributed by atoms with E-state index in [9.17, 15) is 13.2 Å². The highest BCUT2D eigenvalue weighted by Gasteiger charge is 2.30. The van der Waals surface area contributed by atoms with Crippen LogP contribution in [0.4, 0.5) is 0 Å². The number of aliphatic hydroxyl groups is 1. The van der Waals surface area contributed by atoms with E-state index >= 15 is 0 Å². The first-order valence-corrected chi connectivity index (χ1v) is 8.25. The zero-order chi connectivity index (χ0) is 16.3. The lowest BCUT2D eigenvalue weighted by molar-refractivity contribution is 0.0685. The SMILES string of the molecule is CCn1cc(S(=O)(=O)NC(C)(CC)CCO)cc1C(=O)O. The molecule has 8 heteroatoms. The Morgan fingerprint density at radius 2 is 2.05 bits per heavy atom. The predicted octanol–water partition coefficient (Wildman–Crippen LogP) is 1.04. The number of nitrogens with one attached hydrogen (secondary N) is 1. The van der Waals surface area contributed by atoms with E-state index in [0.29, 0.717) is 13.0 Å². The molecule has 1 aromatic heterocycles. The van der Waals surface area contributed by atoms with Crippen LogP contribution in [-0.4, -0.2) is 41.3 Å². The molecule has 0 aliphatic rings. The number of carbonyl (C=O) groups is 1. The van der Waals surface area contributed by atoms with Gasteiger partial charge in [0.1, 0.15) is 10.6 Å². The number of nitrogens with zero attached hydrogens (tertiary/aromatic N) is 1. The number of hydrogen-bond acceptors (Lipinski definition) is 4. The predicted molar refractivity (Wildman–Crippen MR) is 77.8 cm³/mol. The second-order valence-corrected chi connectivity index (χ2v) is 6.83. The van der Waals surface area contributed by atoms with Crippen molar-refractivity contribution < 1.29 is 23.4 Å². The molecule has 0 spiro atoms. The Morgan fingerprint density at radius 3 is 2.43 bits per heavy atom. The number of aliphatic hydroxyl groups excluding tert-OH is 1. The number of aromatic carboxylic acids is 1. The van der Waals surface area contributed by atoms with Crippen LogP contribution in [0.3, 0.4) is 0 Å². The second-order valence-electron chi connectivity index (χ2n) is 5.15. The number of rotatable bonds is 8. The summed E-state index contributed by atoms with van der Waals surface area (Å²) in [6.07, 6.45) is 2.09. The van der Waals surface area contributed by atoms with E-state index in [1.807, 2.05) is 6.92 Å². The molecule has 1 heterocycles. The van der Waals surface area contributed by atoms with E-state index in [0.717, 1.165) is 6.07 Å². The summed E-state index contributed by atoms with van der Waals surface area (Å²) in [5, 5.41) is 18.1. The molecule has 1 atom stereocenters. The Bertz CT molecular complexity index is 608. The van der Waals surface area contributed by atoms with Crippen LogP contribution < -0.4 is 4.72 Å². The van der Waals surface area contributed by atoms with E-state index in [4.69, 9.17) is 10.2 Å². The molecule has 7 nitrogen and oxygen atoms in total. The zero-order valence-electron chi connectivity index (χ0n) is 12.5. The Morgan fingerprint density at radius 1 is 1.43 bits per heavy atom. The minimum absolute atomic E-state index is 0.0711. The van der Waals surface area contributed by atoms with Gasteiger partial charge in [0.25, 0.3) is 0 Å². The maximum Gasteiger partial charge on any atom is 0.352 e. The number of hydrogen-bond donors (Lipinski definition) is 3. The molecule has 1 aromatic rings. The first-order chi connectivity index (χ1) is 9.69. The molecule has 0 saturated carbocycles. The van der Waals surface area contributed by atoms with Gasteiger partial charge in [-0.25, -0.2) is 17.9 Å². The quantitative estimate of drug-likeness (QED) is 0.663. The van der Waals surface area contributed by atoms with Crippen LogP contribution in [0, 0.1) is 0 Å². The summed E-state index contributed by atoms with van der Waals surface area (Å²) < 4.78 is 28.7. The highest BCUT2D eigenvalue weighted by Crippen LogP contribution is 2.21. The van der Waals surface area contributed by atoms with Gasteiger partial charge in [-0.15, -0.1) is 0 Å². The smallest absolute Gasteiger partial charge is 0.352 e. The van der Waals surface area contributed by atoms with E-state index < -0.39 is 21.5 Å². The summed E-state index contributed by atoms with van der Waals surface area (Å²) in [5.41, 5.74) is -0.844. The average Bonchev–Trinajstić information content (AvgIpc) is 2.83. The van der Waals surface area contributed by atoms with Crippen molar-refractivity contribution in [2.45, 2.75) is 50.6 Å². The average molecular weight is 318 g/mol. The summed E-state index contributed by atoms with van der Waals surface area (Å²) in [6, 6.07) is 1.14. The molecule has 0 amide bonds. The minimum atomic E-state index is -3.84.